The summed E-state index contributed by atoms with van der Waals surface area (Å²) in [5, 5.41) is 0. The van der Waals surface area contributed by atoms with Gasteiger partial charge < -0.3 is 4.74 Å². The second-order valence-electron chi connectivity index (χ2n) is 8.21. The molecule has 2 aliphatic rings. The molecule has 110 valence electrons. The summed E-state index contributed by atoms with van der Waals surface area (Å²) < 4.78 is 6.42. The first-order chi connectivity index (χ1) is 9.29. The summed E-state index contributed by atoms with van der Waals surface area (Å²) in [6.45, 7) is 11.4. The zero-order valence-electron chi connectivity index (χ0n) is 13.6. The van der Waals surface area contributed by atoms with Crippen LogP contribution in [0.15, 0.2) is 18.2 Å². The molecule has 1 nitrogen and oxygen atoms in total. The molecule has 1 fully saturated rings. The number of hydrogen-bond donors (Lipinski definition) is 0. The highest BCUT2D eigenvalue weighted by molar-refractivity contribution is 5.45. The number of benzene rings is 1. The molecule has 1 heterocycles. The van der Waals surface area contributed by atoms with Gasteiger partial charge in [0.25, 0.3) is 0 Å². The van der Waals surface area contributed by atoms with Crippen molar-refractivity contribution in [3.05, 3.63) is 29.3 Å². The molecule has 0 saturated heterocycles. The fourth-order valence-electron chi connectivity index (χ4n) is 4.09. The maximum Gasteiger partial charge on any atom is 0.123 e. The van der Waals surface area contributed by atoms with Gasteiger partial charge in [-0.3, -0.25) is 0 Å². The van der Waals surface area contributed by atoms with Crippen molar-refractivity contribution in [3.8, 4) is 5.75 Å². The van der Waals surface area contributed by atoms with Gasteiger partial charge in [0.05, 0.1) is 0 Å². The van der Waals surface area contributed by atoms with Crippen molar-refractivity contribution in [2.75, 3.05) is 0 Å². The monoisotopic (exact) mass is 272 g/mol. The predicted octanol–water partition coefficient (Wildman–Crippen LogP) is 5.43. The molecule has 2 atom stereocenters. The van der Waals surface area contributed by atoms with Crippen molar-refractivity contribution in [2.24, 2.45) is 5.92 Å². The van der Waals surface area contributed by atoms with E-state index in [2.05, 4.69) is 52.8 Å². The van der Waals surface area contributed by atoms with Crippen LogP contribution >= 0.6 is 0 Å². The van der Waals surface area contributed by atoms with E-state index < -0.39 is 0 Å². The molecule has 0 N–H and O–H groups in total. The Morgan fingerprint density at radius 3 is 2.50 bits per heavy atom. The number of rotatable bonds is 0. The van der Waals surface area contributed by atoms with Gasteiger partial charge in [-0.2, -0.15) is 0 Å². The first-order valence-corrected chi connectivity index (χ1v) is 8.12. The van der Waals surface area contributed by atoms with Crippen molar-refractivity contribution in [2.45, 2.75) is 77.2 Å². The second kappa shape index (κ2) is 4.51. The molecule has 1 aliphatic heterocycles. The topological polar surface area (TPSA) is 9.23 Å². The van der Waals surface area contributed by atoms with Crippen molar-refractivity contribution < 1.29 is 4.74 Å². The van der Waals surface area contributed by atoms with Crippen molar-refractivity contribution in [1.82, 2.24) is 0 Å². The highest BCUT2D eigenvalue weighted by Crippen LogP contribution is 2.52. The molecule has 0 bridgehead atoms. The number of ether oxygens (including phenoxy) is 1. The van der Waals surface area contributed by atoms with Gasteiger partial charge in [0.15, 0.2) is 0 Å². The van der Waals surface area contributed by atoms with E-state index in [0.717, 1.165) is 5.75 Å². The van der Waals surface area contributed by atoms with Gasteiger partial charge in [-0.05, 0) is 55.2 Å². The summed E-state index contributed by atoms with van der Waals surface area (Å²) in [6.07, 6.45) is 5.39. The van der Waals surface area contributed by atoms with Gasteiger partial charge in [-0.1, -0.05) is 45.7 Å². The lowest BCUT2D eigenvalue weighted by Crippen LogP contribution is -2.45. The van der Waals surface area contributed by atoms with E-state index in [1.54, 1.807) is 0 Å². The Morgan fingerprint density at radius 1 is 1.10 bits per heavy atom. The Morgan fingerprint density at radius 2 is 1.80 bits per heavy atom. The van der Waals surface area contributed by atoms with Crippen molar-refractivity contribution >= 4 is 0 Å². The third-order valence-electron chi connectivity index (χ3n) is 5.31. The third kappa shape index (κ3) is 2.25. The van der Waals surface area contributed by atoms with Crippen LogP contribution < -0.4 is 4.74 Å². The van der Waals surface area contributed by atoms with Crippen molar-refractivity contribution in [3.63, 3.8) is 0 Å². The van der Waals surface area contributed by atoms with Gasteiger partial charge in [-0.25, -0.2) is 0 Å². The molecular weight excluding hydrogens is 244 g/mol. The molecule has 1 aliphatic carbocycles. The maximum atomic E-state index is 6.42. The minimum atomic E-state index is -0.0193. The van der Waals surface area contributed by atoms with Gasteiger partial charge in [0.2, 0.25) is 0 Å². The van der Waals surface area contributed by atoms with Crippen LogP contribution in [0.2, 0.25) is 0 Å². The number of fused-ring (bicyclic) bond motifs is 3. The Balaban J connectivity index is 2.05. The van der Waals surface area contributed by atoms with Crippen LogP contribution in [0.25, 0.3) is 0 Å². The van der Waals surface area contributed by atoms with Crippen LogP contribution in [0, 0.1) is 5.92 Å². The summed E-state index contributed by atoms with van der Waals surface area (Å²) in [5.41, 5.74) is 3.00. The van der Waals surface area contributed by atoms with E-state index in [1.807, 2.05) is 0 Å². The normalized spacial score (nSPS) is 28.2. The second-order valence-corrected chi connectivity index (χ2v) is 8.21. The summed E-state index contributed by atoms with van der Waals surface area (Å²) in [6, 6.07) is 6.95. The number of hydrogen-bond acceptors (Lipinski definition) is 1. The van der Waals surface area contributed by atoms with Gasteiger partial charge in [-0.15, -0.1) is 0 Å². The maximum absolute atomic E-state index is 6.42. The van der Waals surface area contributed by atoms with E-state index in [0.29, 0.717) is 11.8 Å². The summed E-state index contributed by atoms with van der Waals surface area (Å²) in [5.74, 6) is 2.53. The predicted molar refractivity (Wildman–Crippen MR) is 84.5 cm³/mol. The lowest BCUT2D eigenvalue weighted by atomic mass is 9.66. The first kappa shape index (κ1) is 14.0. The fourth-order valence-corrected chi connectivity index (χ4v) is 4.09. The smallest absolute Gasteiger partial charge is 0.123 e. The molecule has 1 saturated carbocycles. The van der Waals surface area contributed by atoms with Crippen LogP contribution in [0.3, 0.4) is 0 Å². The Labute approximate surface area is 123 Å². The quantitative estimate of drug-likeness (QED) is 0.612. The molecule has 0 aromatic heterocycles. The van der Waals surface area contributed by atoms with E-state index in [9.17, 15) is 0 Å². The Bertz CT molecular complexity index is 507. The highest BCUT2D eigenvalue weighted by atomic mass is 16.5. The standard InChI is InChI=1S/C19H28O/c1-18(2,3)13-10-11-15-14-8-6-7-9-16(14)19(4,5)20-17(15)12-13/h10-12,14,16H,6-9H2,1-5H3/t14-,16+/m0/s1. The molecule has 1 heteroatoms. The van der Waals surface area contributed by atoms with Crippen LogP contribution in [-0.2, 0) is 5.41 Å². The molecular formula is C19H28O. The first-order valence-electron chi connectivity index (χ1n) is 8.12. The van der Waals surface area contributed by atoms with Gasteiger partial charge in [0.1, 0.15) is 11.4 Å². The zero-order chi connectivity index (χ0) is 14.5. The van der Waals surface area contributed by atoms with Crippen LogP contribution in [-0.4, -0.2) is 5.60 Å². The molecule has 1 aromatic carbocycles. The zero-order valence-corrected chi connectivity index (χ0v) is 13.6. The molecule has 1 aromatic rings. The average Bonchev–Trinajstić information content (AvgIpc) is 2.37. The summed E-state index contributed by atoms with van der Waals surface area (Å²) in [4.78, 5) is 0. The van der Waals surface area contributed by atoms with E-state index in [4.69, 9.17) is 4.74 Å². The largest absolute Gasteiger partial charge is 0.487 e. The van der Waals surface area contributed by atoms with Gasteiger partial charge in [0, 0.05) is 5.92 Å². The molecule has 0 unspecified atom stereocenters. The molecule has 3 rings (SSSR count). The molecule has 0 amide bonds. The fraction of sp³-hybridized carbons (Fsp3) is 0.684. The average molecular weight is 272 g/mol. The molecule has 0 spiro atoms. The minimum Gasteiger partial charge on any atom is -0.487 e. The minimum absolute atomic E-state index is 0.0193. The lowest BCUT2D eigenvalue weighted by Gasteiger charge is -2.47. The van der Waals surface area contributed by atoms with E-state index in [-0.39, 0.29) is 11.0 Å². The van der Waals surface area contributed by atoms with Crippen LogP contribution in [0.5, 0.6) is 5.75 Å². The highest BCUT2D eigenvalue weighted by Gasteiger charge is 2.44. The Kier molecular flexibility index (Phi) is 3.15. The SMILES string of the molecule is CC(C)(C)c1ccc2c(c1)OC(C)(C)[C@@H]1CCCC[C@@H]21. The Hall–Kier alpha value is -0.980. The van der Waals surface area contributed by atoms with Crippen molar-refractivity contribution in [1.29, 1.82) is 0 Å². The molecule has 0 radical (unpaired) electrons. The lowest BCUT2D eigenvalue weighted by molar-refractivity contribution is -0.00634. The molecule has 20 heavy (non-hydrogen) atoms. The summed E-state index contributed by atoms with van der Waals surface area (Å²) >= 11 is 0. The van der Waals surface area contributed by atoms with Gasteiger partial charge >= 0.3 is 0 Å². The summed E-state index contributed by atoms with van der Waals surface area (Å²) in [7, 11) is 0. The van der Waals surface area contributed by atoms with Crippen LogP contribution in [0.4, 0.5) is 0 Å². The van der Waals surface area contributed by atoms with Crippen LogP contribution in [0.1, 0.15) is 77.3 Å². The van der Waals surface area contributed by atoms with E-state index >= 15 is 0 Å². The third-order valence-corrected chi connectivity index (χ3v) is 5.31. The van der Waals surface area contributed by atoms with E-state index in [1.165, 1.54) is 36.8 Å².